The summed E-state index contributed by atoms with van der Waals surface area (Å²) in [6.45, 7) is 4.19. The summed E-state index contributed by atoms with van der Waals surface area (Å²) in [5.74, 6) is 1.08. The lowest BCUT2D eigenvalue weighted by molar-refractivity contribution is -0.123. The molecule has 64 valence electrons. The van der Waals surface area contributed by atoms with E-state index in [0.717, 1.165) is 5.70 Å². The predicted octanol–water partition coefficient (Wildman–Crippen LogP) is 1.46. The zero-order valence-electron chi connectivity index (χ0n) is 7.37. The Kier molecular flexibility index (Phi) is 1.56. The van der Waals surface area contributed by atoms with Crippen LogP contribution in [-0.2, 0) is 4.79 Å². The Morgan fingerprint density at radius 3 is 2.92 bits per heavy atom. The molecule has 1 fully saturated rings. The van der Waals surface area contributed by atoms with E-state index in [9.17, 15) is 4.79 Å². The average Bonchev–Trinajstić information content (AvgIpc) is 2.44. The van der Waals surface area contributed by atoms with Gasteiger partial charge in [-0.2, -0.15) is 0 Å². The molecule has 2 heteroatoms. The number of amides is 1. The Morgan fingerprint density at radius 1 is 1.50 bits per heavy atom. The summed E-state index contributed by atoms with van der Waals surface area (Å²) in [5, 5.41) is 2.91. The molecule has 1 aliphatic carbocycles. The van der Waals surface area contributed by atoms with Crippen LogP contribution in [0.3, 0.4) is 0 Å². The van der Waals surface area contributed by atoms with E-state index in [0.29, 0.717) is 11.8 Å². The number of hydrogen-bond acceptors (Lipinski definition) is 1. The molecule has 2 aliphatic rings. The first-order valence-electron chi connectivity index (χ1n) is 4.39. The Morgan fingerprint density at radius 2 is 2.25 bits per heavy atom. The van der Waals surface area contributed by atoms with Gasteiger partial charge in [0.15, 0.2) is 0 Å². The molecule has 1 heterocycles. The number of hydrogen-bond donors (Lipinski definition) is 1. The van der Waals surface area contributed by atoms with E-state index in [1.165, 1.54) is 0 Å². The third kappa shape index (κ3) is 0.909. The van der Waals surface area contributed by atoms with E-state index in [-0.39, 0.29) is 11.8 Å². The van der Waals surface area contributed by atoms with Crippen LogP contribution in [0.1, 0.15) is 13.8 Å². The van der Waals surface area contributed by atoms with Gasteiger partial charge < -0.3 is 5.32 Å². The number of carbonyl (C=O) groups is 1. The first kappa shape index (κ1) is 7.59. The molecule has 2 unspecified atom stereocenters. The van der Waals surface area contributed by atoms with E-state index in [1.54, 1.807) is 0 Å². The first-order chi connectivity index (χ1) is 5.70. The molecule has 0 radical (unpaired) electrons. The molecule has 0 aromatic rings. The minimum absolute atomic E-state index is 0.148. The maximum Gasteiger partial charge on any atom is 0.228 e. The molecule has 1 aliphatic heterocycles. The van der Waals surface area contributed by atoms with Gasteiger partial charge in [0.25, 0.3) is 0 Å². The van der Waals surface area contributed by atoms with E-state index in [4.69, 9.17) is 0 Å². The van der Waals surface area contributed by atoms with Crippen LogP contribution < -0.4 is 5.32 Å². The van der Waals surface area contributed by atoms with Crippen LogP contribution >= 0.6 is 0 Å². The highest BCUT2D eigenvalue weighted by Gasteiger charge is 2.39. The number of rotatable bonds is 1. The van der Waals surface area contributed by atoms with Crippen LogP contribution in [0.5, 0.6) is 0 Å². The lowest BCUT2D eigenvalue weighted by Gasteiger charge is -2.15. The molecule has 0 aromatic carbocycles. The highest BCUT2D eigenvalue weighted by atomic mass is 16.2. The zero-order chi connectivity index (χ0) is 8.72. The number of allylic oxidation sites excluding steroid dienone is 3. The maximum absolute atomic E-state index is 11.4. The van der Waals surface area contributed by atoms with Crippen molar-refractivity contribution in [3.05, 3.63) is 23.9 Å². The second kappa shape index (κ2) is 2.47. The number of carbonyl (C=O) groups excluding carboxylic acids is 1. The van der Waals surface area contributed by atoms with E-state index in [2.05, 4.69) is 25.2 Å². The largest absolute Gasteiger partial charge is 0.329 e. The Bertz CT molecular complexity index is 276. The second-order valence-electron chi connectivity index (χ2n) is 3.79. The fraction of sp³-hybridized carbons (Fsp3) is 0.500. The second-order valence-corrected chi connectivity index (χ2v) is 3.79. The van der Waals surface area contributed by atoms with Crippen molar-refractivity contribution in [2.24, 2.45) is 17.8 Å². The van der Waals surface area contributed by atoms with E-state index >= 15 is 0 Å². The fourth-order valence-corrected chi connectivity index (χ4v) is 2.04. The molecule has 1 N–H and O–H groups in total. The summed E-state index contributed by atoms with van der Waals surface area (Å²) in [7, 11) is 0. The molecule has 12 heavy (non-hydrogen) atoms. The molecule has 2 atom stereocenters. The molecule has 0 bridgehead atoms. The third-order valence-electron chi connectivity index (χ3n) is 2.63. The highest BCUT2D eigenvalue weighted by Crippen LogP contribution is 2.35. The lowest BCUT2D eigenvalue weighted by atomic mass is 9.85. The molecule has 1 amide bonds. The summed E-state index contributed by atoms with van der Waals surface area (Å²) in [6.07, 6.45) is 6.12. The maximum atomic E-state index is 11.4. The standard InChI is InChI=1S/C10H13NO/c1-6(2)9-7-4-3-5-8(7)11-10(9)12/h3-7,9H,1-2H3,(H,11,12). The van der Waals surface area contributed by atoms with Crippen LogP contribution in [0.25, 0.3) is 0 Å². The van der Waals surface area contributed by atoms with Crippen molar-refractivity contribution < 1.29 is 4.79 Å². The Hall–Kier alpha value is -1.05. The average molecular weight is 163 g/mol. The number of nitrogens with one attached hydrogen (secondary N) is 1. The topological polar surface area (TPSA) is 29.1 Å². The van der Waals surface area contributed by atoms with Gasteiger partial charge in [-0.15, -0.1) is 0 Å². The third-order valence-corrected chi connectivity index (χ3v) is 2.63. The molecule has 0 spiro atoms. The summed E-state index contributed by atoms with van der Waals surface area (Å²) >= 11 is 0. The van der Waals surface area contributed by atoms with Gasteiger partial charge in [-0.05, 0) is 12.0 Å². The smallest absolute Gasteiger partial charge is 0.228 e. The SMILES string of the molecule is CC(C)C1C(=O)NC2=CC=CC21. The minimum Gasteiger partial charge on any atom is -0.329 e. The van der Waals surface area contributed by atoms with Crippen LogP contribution in [0, 0.1) is 17.8 Å². The normalized spacial score (nSPS) is 32.2. The first-order valence-corrected chi connectivity index (χ1v) is 4.39. The van der Waals surface area contributed by atoms with Gasteiger partial charge in [0, 0.05) is 11.6 Å². The van der Waals surface area contributed by atoms with Crippen LogP contribution in [0.2, 0.25) is 0 Å². The van der Waals surface area contributed by atoms with Crippen LogP contribution in [0.4, 0.5) is 0 Å². The van der Waals surface area contributed by atoms with Crippen molar-refractivity contribution in [2.45, 2.75) is 13.8 Å². The van der Waals surface area contributed by atoms with Crippen molar-refractivity contribution in [3.63, 3.8) is 0 Å². The van der Waals surface area contributed by atoms with Crippen molar-refractivity contribution >= 4 is 5.91 Å². The molecule has 0 aromatic heterocycles. The predicted molar refractivity (Wildman–Crippen MR) is 47.2 cm³/mol. The Labute approximate surface area is 72.3 Å². The van der Waals surface area contributed by atoms with Gasteiger partial charge >= 0.3 is 0 Å². The van der Waals surface area contributed by atoms with Gasteiger partial charge in [-0.1, -0.05) is 26.0 Å². The summed E-state index contributed by atoms with van der Waals surface area (Å²) in [5.41, 5.74) is 1.08. The fourth-order valence-electron chi connectivity index (χ4n) is 2.04. The molecule has 0 saturated carbocycles. The van der Waals surface area contributed by atoms with Gasteiger partial charge in [0.1, 0.15) is 0 Å². The van der Waals surface area contributed by atoms with Crippen LogP contribution in [0.15, 0.2) is 23.9 Å². The molecular formula is C10H13NO. The van der Waals surface area contributed by atoms with Gasteiger partial charge in [0.05, 0.1) is 5.92 Å². The molecule has 2 nitrogen and oxygen atoms in total. The summed E-state index contributed by atoms with van der Waals surface area (Å²) < 4.78 is 0. The quantitative estimate of drug-likeness (QED) is 0.623. The Balaban J connectivity index is 2.28. The van der Waals surface area contributed by atoms with Gasteiger partial charge in [0.2, 0.25) is 5.91 Å². The van der Waals surface area contributed by atoms with Crippen molar-refractivity contribution in [1.29, 1.82) is 0 Å². The summed E-state index contributed by atoms with van der Waals surface area (Å²) in [6, 6.07) is 0. The highest BCUT2D eigenvalue weighted by molar-refractivity contribution is 5.85. The molecule has 1 saturated heterocycles. The van der Waals surface area contributed by atoms with Crippen LogP contribution in [-0.4, -0.2) is 5.91 Å². The van der Waals surface area contributed by atoms with E-state index < -0.39 is 0 Å². The van der Waals surface area contributed by atoms with Crippen molar-refractivity contribution in [2.75, 3.05) is 0 Å². The zero-order valence-corrected chi connectivity index (χ0v) is 7.37. The van der Waals surface area contributed by atoms with E-state index in [1.807, 2.05) is 12.2 Å². The summed E-state index contributed by atoms with van der Waals surface area (Å²) in [4.78, 5) is 11.4. The lowest BCUT2D eigenvalue weighted by Crippen LogP contribution is -2.23. The monoisotopic (exact) mass is 163 g/mol. The molecular weight excluding hydrogens is 150 g/mol. The minimum atomic E-state index is 0.148. The van der Waals surface area contributed by atoms with Crippen molar-refractivity contribution in [1.82, 2.24) is 5.32 Å². The molecule has 2 rings (SSSR count). The van der Waals surface area contributed by atoms with Crippen molar-refractivity contribution in [3.8, 4) is 0 Å². The van der Waals surface area contributed by atoms with Gasteiger partial charge in [-0.3, -0.25) is 4.79 Å². The van der Waals surface area contributed by atoms with Gasteiger partial charge in [-0.25, -0.2) is 0 Å². The number of fused-ring (bicyclic) bond motifs is 1.